The van der Waals surface area contributed by atoms with Crippen LogP contribution in [-0.4, -0.2) is 27.5 Å². The van der Waals surface area contributed by atoms with Crippen LogP contribution in [-0.2, 0) is 0 Å². The molecular weight excluding hydrogens is 226 g/mol. The Morgan fingerprint density at radius 1 is 1.50 bits per heavy atom. The fourth-order valence-electron chi connectivity index (χ4n) is 1.96. The average molecular weight is 240 g/mol. The Balaban J connectivity index is 2.32. The Kier molecular flexibility index (Phi) is 2.96. The molecular formula is C10H14ClN5. The summed E-state index contributed by atoms with van der Waals surface area (Å²) < 4.78 is 0. The third kappa shape index (κ3) is 2.09. The second kappa shape index (κ2) is 4.25. The summed E-state index contributed by atoms with van der Waals surface area (Å²) >= 11 is 5.81. The van der Waals surface area contributed by atoms with Crippen molar-refractivity contribution in [1.82, 2.24) is 15.0 Å². The van der Waals surface area contributed by atoms with Gasteiger partial charge in [0.1, 0.15) is 5.82 Å². The van der Waals surface area contributed by atoms with Crippen LogP contribution in [0.15, 0.2) is 12.3 Å². The van der Waals surface area contributed by atoms with E-state index >= 15 is 0 Å². The number of nitrogens with zero attached hydrogens (tertiary/aromatic N) is 4. The lowest BCUT2D eigenvalue weighted by atomic mass is 10.2. The highest BCUT2D eigenvalue weighted by atomic mass is 35.5. The van der Waals surface area contributed by atoms with Gasteiger partial charge in [-0.3, -0.25) is 0 Å². The Hall–Kier alpha value is -1.36. The highest BCUT2D eigenvalue weighted by Gasteiger charge is 2.28. The van der Waals surface area contributed by atoms with Crippen molar-refractivity contribution in [2.24, 2.45) is 5.73 Å². The number of aryl methyl sites for hydroxylation is 1. The van der Waals surface area contributed by atoms with Crippen LogP contribution >= 0.6 is 11.6 Å². The molecule has 2 heterocycles. The topological polar surface area (TPSA) is 67.9 Å². The van der Waals surface area contributed by atoms with Crippen molar-refractivity contribution in [3.63, 3.8) is 0 Å². The van der Waals surface area contributed by atoms with Crippen molar-refractivity contribution in [2.45, 2.75) is 25.8 Å². The molecule has 2 rings (SSSR count). The van der Waals surface area contributed by atoms with E-state index in [0.29, 0.717) is 17.5 Å². The van der Waals surface area contributed by atoms with E-state index < -0.39 is 0 Å². The summed E-state index contributed by atoms with van der Waals surface area (Å²) in [7, 11) is 0. The van der Waals surface area contributed by atoms with Crippen LogP contribution in [0, 0.1) is 6.92 Å². The molecule has 6 heteroatoms. The molecule has 1 saturated heterocycles. The van der Waals surface area contributed by atoms with Crippen molar-refractivity contribution in [2.75, 3.05) is 11.4 Å². The molecule has 1 fully saturated rings. The van der Waals surface area contributed by atoms with Gasteiger partial charge in [-0.05, 0) is 31.4 Å². The van der Waals surface area contributed by atoms with Crippen LogP contribution in [0.25, 0.3) is 0 Å². The quantitative estimate of drug-likeness (QED) is 0.842. The smallest absolute Gasteiger partial charge is 0.230 e. The maximum absolute atomic E-state index is 5.81. The van der Waals surface area contributed by atoms with Crippen molar-refractivity contribution < 1.29 is 0 Å². The summed E-state index contributed by atoms with van der Waals surface area (Å²) in [5.74, 6) is 1.20. The van der Waals surface area contributed by atoms with Crippen LogP contribution in [0.1, 0.15) is 18.7 Å². The van der Waals surface area contributed by atoms with Crippen LogP contribution in [0.3, 0.4) is 0 Å². The van der Waals surface area contributed by atoms with Crippen LogP contribution in [0.5, 0.6) is 0 Å². The predicted octanol–water partition coefficient (Wildman–Crippen LogP) is 1.27. The molecule has 2 N–H and O–H groups in total. The van der Waals surface area contributed by atoms with Crippen molar-refractivity contribution in [3.8, 4) is 0 Å². The van der Waals surface area contributed by atoms with Crippen LogP contribution < -0.4 is 10.6 Å². The first kappa shape index (κ1) is 11.1. The predicted molar refractivity (Wildman–Crippen MR) is 63.3 cm³/mol. The van der Waals surface area contributed by atoms with Gasteiger partial charge in [-0.25, -0.2) is 4.98 Å². The fourth-order valence-corrected chi connectivity index (χ4v) is 2.15. The van der Waals surface area contributed by atoms with Gasteiger partial charge in [0.25, 0.3) is 0 Å². The van der Waals surface area contributed by atoms with Gasteiger partial charge in [0.15, 0.2) is 0 Å². The number of anilines is 1. The first-order chi connectivity index (χ1) is 7.58. The first-order valence-electron chi connectivity index (χ1n) is 5.17. The molecule has 0 unspecified atom stereocenters. The third-order valence-electron chi connectivity index (χ3n) is 2.65. The van der Waals surface area contributed by atoms with E-state index in [9.17, 15) is 0 Å². The van der Waals surface area contributed by atoms with Gasteiger partial charge in [0.05, 0.1) is 6.04 Å². The Morgan fingerprint density at radius 2 is 2.25 bits per heavy atom. The zero-order valence-electron chi connectivity index (χ0n) is 9.15. The molecule has 1 aliphatic rings. The van der Waals surface area contributed by atoms with E-state index in [2.05, 4.69) is 21.5 Å². The van der Waals surface area contributed by atoms with Gasteiger partial charge in [0, 0.05) is 12.2 Å². The summed E-state index contributed by atoms with van der Waals surface area (Å²) in [6.07, 6.45) is 2.04. The average Bonchev–Trinajstić information content (AvgIpc) is 2.63. The highest BCUT2D eigenvalue weighted by Crippen LogP contribution is 2.25. The summed E-state index contributed by atoms with van der Waals surface area (Å²) in [5, 5.41) is 0.218. The monoisotopic (exact) mass is 239 g/mol. The van der Waals surface area contributed by atoms with Crippen LogP contribution in [0.2, 0.25) is 5.28 Å². The van der Waals surface area contributed by atoms with E-state index in [1.165, 1.54) is 0 Å². The maximum Gasteiger partial charge on any atom is 0.230 e. The van der Waals surface area contributed by atoms with Gasteiger partial charge in [-0.1, -0.05) is 6.58 Å². The fraction of sp³-hybridized carbons (Fsp3) is 0.500. The van der Waals surface area contributed by atoms with E-state index in [4.69, 9.17) is 17.3 Å². The normalized spacial score (nSPS) is 20.1. The zero-order chi connectivity index (χ0) is 11.7. The lowest BCUT2D eigenvalue weighted by Crippen LogP contribution is -2.34. The summed E-state index contributed by atoms with van der Waals surface area (Å²) in [6, 6.07) is 0.109. The molecule has 16 heavy (non-hydrogen) atoms. The molecule has 5 nitrogen and oxygen atoms in total. The number of hydrogen-bond acceptors (Lipinski definition) is 5. The molecule has 1 aliphatic heterocycles. The lowest BCUT2D eigenvalue weighted by Gasteiger charge is -2.24. The van der Waals surface area contributed by atoms with Crippen LogP contribution in [0.4, 0.5) is 5.95 Å². The molecule has 1 atom stereocenters. The molecule has 0 bridgehead atoms. The van der Waals surface area contributed by atoms with Gasteiger partial charge in [-0.2, -0.15) is 9.97 Å². The van der Waals surface area contributed by atoms with Gasteiger partial charge >= 0.3 is 0 Å². The second-order valence-electron chi connectivity index (χ2n) is 3.88. The second-order valence-corrected chi connectivity index (χ2v) is 4.22. The maximum atomic E-state index is 5.81. The molecule has 0 amide bonds. The van der Waals surface area contributed by atoms with E-state index in [-0.39, 0.29) is 11.3 Å². The largest absolute Gasteiger partial charge is 0.401 e. The van der Waals surface area contributed by atoms with Crippen molar-refractivity contribution in [3.05, 3.63) is 23.4 Å². The minimum atomic E-state index is 0.109. The number of aromatic nitrogens is 3. The lowest BCUT2D eigenvalue weighted by molar-refractivity contribution is 0.728. The number of hydrogen-bond donors (Lipinski definition) is 1. The number of nitrogens with two attached hydrogens (primary N) is 1. The minimum absolute atomic E-state index is 0.109. The van der Waals surface area contributed by atoms with Gasteiger partial charge in [-0.15, -0.1) is 0 Å². The summed E-state index contributed by atoms with van der Waals surface area (Å²) in [6.45, 7) is 6.46. The van der Waals surface area contributed by atoms with E-state index in [1.54, 1.807) is 6.92 Å². The molecule has 0 radical (unpaired) electrons. The Morgan fingerprint density at radius 3 is 2.88 bits per heavy atom. The molecule has 0 aliphatic carbocycles. The molecule has 0 saturated carbocycles. The zero-order valence-corrected chi connectivity index (χ0v) is 9.91. The van der Waals surface area contributed by atoms with E-state index in [1.807, 2.05) is 4.90 Å². The van der Waals surface area contributed by atoms with Crippen molar-refractivity contribution in [1.29, 1.82) is 0 Å². The third-order valence-corrected chi connectivity index (χ3v) is 2.81. The molecule has 0 aromatic carbocycles. The minimum Gasteiger partial charge on any atom is -0.401 e. The number of halogens is 1. The Labute approximate surface area is 99.4 Å². The summed E-state index contributed by atoms with van der Waals surface area (Å²) in [5.41, 5.74) is 6.41. The molecule has 0 spiro atoms. The standard InChI is InChI=1S/C10H14ClN5/c1-6(12)8-4-3-5-16(8)10-14-7(2)13-9(11)15-10/h8H,1,3-5,12H2,2H3/t8-/m0/s1. The van der Waals surface area contributed by atoms with E-state index in [0.717, 1.165) is 19.4 Å². The van der Waals surface area contributed by atoms with Crippen molar-refractivity contribution >= 4 is 17.5 Å². The summed E-state index contributed by atoms with van der Waals surface area (Å²) in [4.78, 5) is 14.4. The molecule has 1 aromatic rings. The van der Waals surface area contributed by atoms with Gasteiger partial charge in [0.2, 0.25) is 11.2 Å². The highest BCUT2D eigenvalue weighted by molar-refractivity contribution is 6.28. The number of rotatable bonds is 2. The van der Waals surface area contributed by atoms with Gasteiger partial charge < -0.3 is 10.6 Å². The SMILES string of the molecule is C=C(N)[C@@H]1CCCN1c1nc(C)nc(Cl)n1. The molecule has 1 aromatic heterocycles. The first-order valence-corrected chi connectivity index (χ1v) is 5.55. The molecule has 86 valence electrons. The Bertz CT molecular complexity index is 399.